The largest absolute Gasteiger partial charge is 0.481 e. The maximum Gasteiger partial charge on any atom is 0.264 e. The summed E-state index contributed by atoms with van der Waals surface area (Å²) in [4.78, 5) is 15.1. The molecule has 4 rings (SSSR count). The fourth-order valence-electron chi connectivity index (χ4n) is 4.49. The van der Waals surface area contributed by atoms with Crippen LogP contribution in [-0.4, -0.2) is 42.9 Å². The van der Waals surface area contributed by atoms with Crippen molar-refractivity contribution in [3.8, 4) is 5.75 Å². The predicted molar refractivity (Wildman–Crippen MR) is 128 cm³/mol. The summed E-state index contributed by atoms with van der Waals surface area (Å²) >= 11 is 0. The molecular formula is C26H35NO5S. The molecule has 1 saturated carbocycles. The number of sulfone groups is 1. The van der Waals surface area contributed by atoms with Crippen molar-refractivity contribution in [1.82, 2.24) is 4.90 Å². The molecule has 0 N–H and O–H groups in total. The van der Waals surface area contributed by atoms with Crippen molar-refractivity contribution in [2.75, 3.05) is 11.5 Å². The first-order chi connectivity index (χ1) is 15.4. The van der Waals surface area contributed by atoms with Gasteiger partial charge in [0.1, 0.15) is 17.3 Å². The summed E-state index contributed by atoms with van der Waals surface area (Å²) in [6.07, 6.45) is 0.815. The average molecular weight is 474 g/mol. The zero-order valence-corrected chi connectivity index (χ0v) is 21.0. The van der Waals surface area contributed by atoms with Gasteiger partial charge in [0.25, 0.3) is 5.91 Å². The molecule has 2 aliphatic rings. The number of rotatable bonds is 7. The van der Waals surface area contributed by atoms with Gasteiger partial charge in [-0.3, -0.25) is 4.79 Å². The van der Waals surface area contributed by atoms with Crippen LogP contribution in [0.4, 0.5) is 0 Å². The Morgan fingerprint density at radius 3 is 2.39 bits per heavy atom. The van der Waals surface area contributed by atoms with Gasteiger partial charge in [-0.05, 0) is 60.9 Å². The van der Waals surface area contributed by atoms with Gasteiger partial charge in [-0.15, -0.1) is 0 Å². The summed E-state index contributed by atoms with van der Waals surface area (Å²) in [7, 11) is -3.14. The molecule has 1 aliphatic carbocycles. The number of nitrogens with zero attached hydrogens (tertiary/aromatic N) is 1. The molecule has 7 heteroatoms. The van der Waals surface area contributed by atoms with Gasteiger partial charge in [-0.1, -0.05) is 39.8 Å². The second-order valence-corrected chi connectivity index (χ2v) is 12.9. The van der Waals surface area contributed by atoms with Crippen molar-refractivity contribution in [3.63, 3.8) is 0 Å². The predicted octanol–water partition coefficient (Wildman–Crippen LogP) is 4.68. The summed E-state index contributed by atoms with van der Waals surface area (Å²) in [5.74, 6) is 3.19. The van der Waals surface area contributed by atoms with Crippen LogP contribution >= 0.6 is 0 Å². The van der Waals surface area contributed by atoms with Crippen molar-refractivity contribution in [2.24, 2.45) is 5.92 Å². The van der Waals surface area contributed by atoms with Crippen LogP contribution in [0.15, 0.2) is 40.8 Å². The third-order valence-corrected chi connectivity index (χ3v) is 8.55. The first-order valence-corrected chi connectivity index (χ1v) is 13.6. The minimum Gasteiger partial charge on any atom is -0.481 e. The SMILES string of the molecule is CC(Oc1ccc(C(C)(C)C)cc1)C(=O)N(Cc1ccc(C2CC2C)o1)C1CCS(=O)(=O)C1. The highest BCUT2D eigenvalue weighted by atomic mass is 32.2. The Labute approximate surface area is 197 Å². The van der Waals surface area contributed by atoms with Gasteiger partial charge >= 0.3 is 0 Å². The van der Waals surface area contributed by atoms with Gasteiger partial charge in [0.2, 0.25) is 0 Å². The van der Waals surface area contributed by atoms with Crippen LogP contribution in [0.3, 0.4) is 0 Å². The number of hydrogen-bond acceptors (Lipinski definition) is 5. The molecule has 33 heavy (non-hydrogen) atoms. The first kappa shape index (κ1) is 23.9. The zero-order chi connectivity index (χ0) is 24.0. The fraction of sp³-hybridized carbons (Fsp3) is 0.577. The number of ether oxygens (including phenoxy) is 1. The number of carbonyl (C=O) groups excluding carboxylic acids is 1. The highest BCUT2D eigenvalue weighted by molar-refractivity contribution is 7.91. The van der Waals surface area contributed by atoms with E-state index in [-0.39, 0.29) is 35.4 Å². The number of hydrogen-bond donors (Lipinski definition) is 0. The maximum absolute atomic E-state index is 13.4. The molecule has 1 aromatic heterocycles. The van der Waals surface area contributed by atoms with Crippen LogP contribution < -0.4 is 4.74 Å². The van der Waals surface area contributed by atoms with E-state index in [2.05, 4.69) is 27.7 Å². The minimum atomic E-state index is -3.14. The van der Waals surface area contributed by atoms with E-state index in [4.69, 9.17) is 9.15 Å². The van der Waals surface area contributed by atoms with E-state index in [0.29, 0.717) is 29.8 Å². The molecule has 1 amide bonds. The normalized spacial score (nSPS) is 24.9. The van der Waals surface area contributed by atoms with Gasteiger partial charge in [0, 0.05) is 12.0 Å². The molecule has 6 nitrogen and oxygen atoms in total. The molecule has 0 bridgehead atoms. The fourth-order valence-corrected chi connectivity index (χ4v) is 6.23. The number of amides is 1. The third-order valence-electron chi connectivity index (χ3n) is 6.80. The Morgan fingerprint density at radius 1 is 1.18 bits per heavy atom. The summed E-state index contributed by atoms with van der Waals surface area (Å²) in [6, 6.07) is 11.3. The average Bonchev–Trinajstić information content (AvgIpc) is 3.12. The van der Waals surface area contributed by atoms with Crippen molar-refractivity contribution in [2.45, 2.75) is 77.5 Å². The summed E-state index contributed by atoms with van der Waals surface area (Å²) in [6.45, 7) is 10.6. The maximum atomic E-state index is 13.4. The van der Waals surface area contributed by atoms with E-state index >= 15 is 0 Å². The molecule has 0 spiro atoms. The van der Waals surface area contributed by atoms with E-state index in [1.165, 1.54) is 5.56 Å². The summed E-state index contributed by atoms with van der Waals surface area (Å²) in [5.41, 5.74) is 1.22. The number of furan rings is 1. The van der Waals surface area contributed by atoms with Crippen LogP contribution in [0.2, 0.25) is 0 Å². The van der Waals surface area contributed by atoms with Crippen LogP contribution in [0.5, 0.6) is 5.75 Å². The van der Waals surface area contributed by atoms with E-state index in [9.17, 15) is 13.2 Å². The van der Waals surface area contributed by atoms with E-state index in [1.54, 1.807) is 11.8 Å². The quantitative estimate of drug-likeness (QED) is 0.583. The van der Waals surface area contributed by atoms with Crippen molar-refractivity contribution < 1.29 is 22.4 Å². The first-order valence-electron chi connectivity index (χ1n) is 11.8. The van der Waals surface area contributed by atoms with Gasteiger partial charge in [0.15, 0.2) is 15.9 Å². The molecule has 1 saturated heterocycles. The summed E-state index contributed by atoms with van der Waals surface area (Å²) in [5, 5.41) is 0. The van der Waals surface area contributed by atoms with Crippen molar-refractivity contribution in [1.29, 1.82) is 0 Å². The van der Waals surface area contributed by atoms with Crippen LogP contribution in [0.25, 0.3) is 0 Å². The van der Waals surface area contributed by atoms with Gasteiger partial charge < -0.3 is 14.1 Å². The Balaban J connectivity index is 1.49. The lowest BCUT2D eigenvalue weighted by Gasteiger charge is -2.30. The molecule has 2 aromatic rings. The van der Waals surface area contributed by atoms with Crippen molar-refractivity contribution in [3.05, 3.63) is 53.5 Å². The molecular weight excluding hydrogens is 438 g/mol. The topological polar surface area (TPSA) is 76.8 Å². The lowest BCUT2D eigenvalue weighted by atomic mass is 9.87. The van der Waals surface area contributed by atoms with Crippen molar-refractivity contribution >= 4 is 15.7 Å². The lowest BCUT2D eigenvalue weighted by Crippen LogP contribution is -2.46. The number of benzene rings is 1. The zero-order valence-electron chi connectivity index (χ0n) is 20.2. The highest BCUT2D eigenvalue weighted by Crippen LogP contribution is 2.47. The van der Waals surface area contributed by atoms with E-state index in [0.717, 1.165) is 12.2 Å². The molecule has 4 unspecified atom stereocenters. The molecule has 2 fully saturated rings. The molecule has 4 atom stereocenters. The molecule has 2 heterocycles. The highest BCUT2D eigenvalue weighted by Gasteiger charge is 2.39. The van der Waals surface area contributed by atoms with Crippen LogP contribution in [-0.2, 0) is 26.6 Å². The Hall–Kier alpha value is -2.28. The van der Waals surface area contributed by atoms with Gasteiger partial charge in [-0.2, -0.15) is 0 Å². The monoisotopic (exact) mass is 473 g/mol. The Bertz CT molecular complexity index is 1100. The van der Waals surface area contributed by atoms with Crippen LogP contribution in [0, 0.1) is 5.92 Å². The Morgan fingerprint density at radius 2 is 1.85 bits per heavy atom. The standard InChI is InChI=1S/C26H35NO5S/c1-17-14-23(17)24-11-10-22(32-24)15-27(20-12-13-33(29,30)16-20)25(28)18(2)31-21-8-6-19(7-9-21)26(3,4)5/h6-11,17-18,20,23H,12-16H2,1-5H3. The second-order valence-electron chi connectivity index (χ2n) is 10.7. The Kier molecular flexibility index (Phi) is 6.38. The van der Waals surface area contributed by atoms with Gasteiger partial charge in [0.05, 0.1) is 18.1 Å². The summed E-state index contributed by atoms with van der Waals surface area (Å²) < 4.78 is 36.3. The molecule has 1 aliphatic heterocycles. The third kappa shape index (κ3) is 5.62. The van der Waals surface area contributed by atoms with Crippen LogP contribution in [0.1, 0.15) is 70.5 Å². The van der Waals surface area contributed by atoms with Gasteiger partial charge in [-0.25, -0.2) is 8.42 Å². The smallest absolute Gasteiger partial charge is 0.264 e. The van der Waals surface area contributed by atoms with E-state index in [1.807, 2.05) is 36.4 Å². The molecule has 180 valence electrons. The molecule has 0 radical (unpaired) electrons. The minimum absolute atomic E-state index is 0.0149. The lowest BCUT2D eigenvalue weighted by molar-refractivity contribution is -0.141. The number of carbonyl (C=O) groups is 1. The van der Waals surface area contributed by atoms with E-state index < -0.39 is 15.9 Å². The molecule has 1 aromatic carbocycles. The second kappa shape index (κ2) is 8.82.